The summed E-state index contributed by atoms with van der Waals surface area (Å²) in [6.07, 6.45) is 6.52. The molecule has 2 aliphatic rings. The number of nitrogens with one attached hydrogen (secondary N) is 1. The maximum absolute atomic E-state index is 11.7. The first-order valence-corrected chi connectivity index (χ1v) is 8.62. The Balaban J connectivity index is 2.08. The molecule has 106 valence electrons. The van der Waals surface area contributed by atoms with Crippen LogP contribution in [-0.4, -0.2) is 38.2 Å². The lowest BCUT2D eigenvalue weighted by Crippen LogP contribution is -2.56. The molecular formula is C12H24N2O3S. The minimum absolute atomic E-state index is 0.0231. The number of nitrogens with two attached hydrogens (primary N) is 1. The summed E-state index contributed by atoms with van der Waals surface area (Å²) in [5.74, 6) is 5.88. The van der Waals surface area contributed by atoms with Gasteiger partial charge in [0.2, 0.25) is 0 Å². The van der Waals surface area contributed by atoms with Gasteiger partial charge in [-0.25, -0.2) is 8.42 Å². The number of ether oxygens (including phenoxy) is 1. The highest BCUT2D eigenvalue weighted by Gasteiger charge is 2.45. The standard InChI is InChI=1S/C12H24N2O3S/c1-9(18(2,15)16)11(14-13)10-4-7-17-12(8-10)5-3-6-12/h9-11,14H,3-8,13H2,1-2H3. The Hall–Kier alpha value is -0.170. The van der Waals surface area contributed by atoms with Crippen LogP contribution in [0, 0.1) is 5.92 Å². The Morgan fingerprint density at radius 2 is 2.11 bits per heavy atom. The molecule has 1 saturated heterocycles. The van der Waals surface area contributed by atoms with Gasteiger partial charge in [0.05, 0.1) is 10.9 Å². The highest BCUT2D eigenvalue weighted by molar-refractivity contribution is 7.91. The van der Waals surface area contributed by atoms with E-state index in [9.17, 15) is 8.42 Å². The Bertz CT molecular complexity index is 392. The maximum Gasteiger partial charge on any atom is 0.151 e. The number of hydrogen-bond acceptors (Lipinski definition) is 5. The van der Waals surface area contributed by atoms with E-state index in [0.717, 1.165) is 32.3 Å². The van der Waals surface area contributed by atoms with Gasteiger partial charge in [-0.1, -0.05) is 0 Å². The van der Waals surface area contributed by atoms with Crippen molar-refractivity contribution in [2.45, 2.75) is 55.9 Å². The molecule has 1 saturated carbocycles. The molecule has 18 heavy (non-hydrogen) atoms. The van der Waals surface area contributed by atoms with Crippen LogP contribution in [0.2, 0.25) is 0 Å². The van der Waals surface area contributed by atoms with Gasteiger partial charge >= 0.3 is 0 Å². The van der Waals surface area contributed by atoms with Gasteiger partial charge in [-0.15, -0.1) is 0 Å². The molecule has 0 bridgehead atoms. The molecule has 0 aromatic rings. The highest BCUT2D eigenvalue weighted by Crippen LogP contribution is 2.45. The third-order valence-electron chi connectivity index (χ3n) is 4.68. The molecule has 0 radical (unpaired) electrons. The first kappa shape index (κ1) is 14.2. The summed E-state index contributed by atoms with van der Waals surface area (Å²) in [5, 5.41) is -0.456. The summed E-state index contributed by atoms with van der Waals surface area (Å²) in [4.78, 5) is 0. The summed E-state index contributed by atoms with van der Waals surface area (Å²) in [5.41, 5.74) is 2.75. The van der Waals surface area contributed by atoms with E-state index in [-0.39, 0.29) is 17.6 Å². The average Bonchev–Trinajstić information content (AvgIpc) is 2.27. The lowest BCUT2D eigenvalue weighted by Gasteiger charge is -2.49. The molecule has 0 aromatic heterocycles. The second-order valence-electron chi connectivity index (χ2n) is 5.87. The smallest absolute Gasteiger partial charge is 0.151 e. The SMILES string of the molecule is CC(C(NN)C1CCOC2(CCC2)C1)S(C)(=O)=O. The summed E-state index contributed by atoms with van der Waals surface area (Å²) < 4.78 is 29.3. The van der Waals surface area contributed by atoms with Crippen molar-refractivity contribution in [2.24, 2.45) is 11.8 Å². The van der Waals surface area contributed by atoms with Gasteiger partial charge in [0.15, 0.2) is 9.84 Å². The molecule has 1 aliphatic carbocycles. The monoisotopic (exact) mass is 276 g/mol. The first-order valence-electron chi connectivity index (χ1n) is 6.67. The van der Waals surface area contributed by atoms with Crippen molar-refractivity contribution in [3.8, 4) is 0 Å². The van der Waals surface area contributed by atoms with Gasteiger partial charge in [-0.3, -0.25) is 11.3 Å². The van der Waals surface area contributed by atoms with E-state index in [2.05, 4.69) is 5.43 Å². The predicted molar refractivity (Wildman–Crippen MR) is 70.7 cm³/mol. The van der Waals surface area contributed by atoms with Gasteiger partial charge in [-0.05, 0) is 44.9 Å². The van der Waals surface area contributed by atoms with E-state index in [4.69, 9.17) is 10.6 Å². The zero-order valence-electron chi connectivity index (χ0n) is 11.2. The number of rotatable bonds is 4. The maximum atomic E-state index is 11.7. The van der Waals surface area contributed by atoms with E-state index in [0.29, 0.717) is 0 Å². The molecular weight excluding hydrogens is 252 g/mol. The normalized spacial score (nSPS) is 30.7. The summed E-state index contributed by atoms with van der Waals surface area (Å²) in [6, 6.07) is -0.179. The lowest BCUT2D eigenvalue weighted by molar-refractivity contribution is -0.147. The number of hydrazine groups is 1. The average molecular weight is 276 g/mol. The molecule has 3 N–H and O–H groups in total. The quantitative estimate of drug-likeness (QED) is 0.580. The first-order chi connectivity index (χ1) is 8.38. The molecule has 1 spiro atoms. The molecule has 2 fully saturated rings. The largest absolute Gasteiger partial charge is 0.375 e. The van der Waals surface area contributed by atoms with Crippen molar-refractivity contribution in [3.63, 3.8) is 0 Å². The second-order valence-corrected chi connectivity index (χ2v) is 8.27. The van der Waals surface area contributed by atoms with Crippen molar-refractivity contribution < 1.29 is 13.2 Å². The molecule has 0 amide bonds. The fourth-order valence-electron chi connectivity index (χ4n) is 3.21. The van der Waals surface area contributed by atoms with Gasteiger partial charge < -0.3 is 4.74 Å². The van der Waals surface area contributed by atoms with E-state index < -0.39 is 15.1 Å². The van der Waals surface area contributed by atoms with E-state index in [1.54, 1.807) is 6.92 Å². The molecule has 3 unspecified atom stereocenters. The van der Waals surface area contributed by atoms with Crippen LogP contribution < -0.4 is 11.3 Å². The molecule has 1 aliphatic heterocycles. The van der Waals surface area contributed by atoms with Gasteiger partial charge in [0, 0.05) is 18.9 Å². The minimum atomic E-state index is -3.07. The van der Waals surface area contributed by atoms with Crippen molar-refractivity contribution in [1.82, 2.24) is 5.43 Å². The minimum Gasteiger partial charge on any atom is -0.375 e. The molecule has 1 heterocycles. The summed E-state index contributed by atoms with van der Waals surface area (Å²) in [7, 11) is -3.07. The summed E-state index contributed by atoms with van der Waals surface area (Å²) in [6.45, 7) is 2.46. The van der Waals surface area contributed by atoms with Crippen molar-refractivity contribution in [3.05, 3.63) is 0 Å². The Kier molecular flexibility index (Phi) is 4.02. The van der Waals surface area contributed by atoms with Gasteiger partial charge in [0.1, 0.15) is 0 Å². The van der Waals surface area contributed by atoms with Crippen LogP contribution in [0.3, 0.4) is 0 Å². The van der Waals surface area contributed by atoms with Crippen LogP contribution in [0.1, 0.15) is 39.0 Å². The van der Waals surface area contributed by atoms with Crippen molar-refractivity contribution in [2.75, 3.05) is 12.9 Å². The van der Waals surface area contributed by atoms with Gasteiger partial charge in [-0.2, -0.15) is 0 Å². The third kappa shape index (κ3) is 2.71. The predicted octanol–water partition coefficient (Wildman–Crippen LogP) is 0.601. The topological polar surface area (TPSA) is 81.4 Å². The van der Waals surface area contributed by atoms with E-state index >= 15 is 0 Å². The highest BCUT2D eigenvalue weighted by atomic mass is 32.2. The molecule has 0 aromatic carbocycles. The van der Waals surface area contributed by atoms with Crippen LogP contribution in [0.4, 0.5) is 0 Å². The van der Waals surface area contributed by atoms with Crippen LogP contribution in [0.25, 0.3) is 0 Å². The van der Waals surface area contributed by atoms with Crippen LogP contribution in [-0.2, 0) is 14.6 Å². The molecule has 6 heteroatoms. The number of hydrogen-bond donors (Lipinski definition) is 2. The van der Waals surface area contributed by atoms with Crippen LogP contribution in [0.15, 0.2) is 0 Å². The molecule has 2 rings (SSSR count). The van der Waals surface area contributed by atoms with Gasteiger partial charge in [0.25, 0.3) is 0 Å². The van der Waals surface area contributed by atoms with Crippen molar-refractivity contribution in [1.29, 1.82) is 0 Å². The molecule has 3 atom stereocenters. The lowest BCUT2D eigenvalue weighted by atomic mass is 9.70. The van der Waals surface area contributed by atoms with Crippen LogP contribution in [0.5, 0.6) is 0 Å². The van der Waals surface area contributed by atoms with Crippen molar-refractivity contribution >= 4 is 9.84 Å². The summed E-state index contributed by atoms with van der Waals surface area (Å²) >= 11 is 0. The zero-order chi connectivity index (χ0) is 13.4. The zero-order valence-corrected chi connectivity index (χ0v) is 12.0. The fraction of sp³-hybridized carbons (Fsp3) is 1.00. The Labute approximate surface area is 109 Å². The van der Waals surface area contributed by atoms with E-state index in [1.165, 1.54) is 12.7 Å². The second kappa shape index (κ2) is 5.07. The van der Waals surface area contributed by atoms with E-state index in [1.807, 2.05) is 0 Å². The molecule has 5 nitrogen and oxygen atoms in total. The Morgan fingerprint density at radius 1 is 1.44 bits per heavy atom. The Morgan fingerprint density at radius 3 is 2.56 bits per heavy atom. The van der Waals surface area contributed by atoms with Crippen LogP contribution >= 0.6 is 0 Å². The number of sulfone groups is 1. The fourth-order valence-corrected chi connectivity index (χ4v) is 4.05. The third-order valence-corrected chi connectivity index (χ3v) is 6.32.